The van der Waals surface area contributed by atoms with Gasteiger partial charge in [-0.15, -0.1) is 0 Å². The van der Waals surface area contributed by atoms with Crippen molar-refractivity contribution in [3.05, 3.63) is 28.8 Å². The number of benzene rings is 1. The van der Waals surface area contributed by atoms with Crippen LogP contribution in [0.15, 0.2) is 18.2 Å². The molecule has 0 radical (unpaired) electrons. The van der Waals surface area contributed by atoms with E-state index in [2.05, 4.69) is 4.90 Å². The highest BCUT2D eigenvalue weighted by Gasteiger charge is 2.23. The molecule has 0 aliphatic carbocycles. The fourth-order valence-electron chi connectivity index (χ4n) is 2.31. The van der Waals surface area contributed by atoms with Crippen LogP contribution in [0.1, 0.15) is 18.4 Å². The third kappa shape index (κ3) is 3.15. The zero-order valence-electron chi connectivity index (χ0n) is 10.2. The van der Waals surface area contributed by atoms with Gasteiger partial charge in [0.2, 0.25) is 5.91 Å². The van der Waals surface area contributed by atoms with Crippen LogP contribution in [0.25, 0.3) is 0 Å². The molecule has 1 heterocycles. The Bertz CT molecular complexity index is 442. The Kier molecular flexibility index (Phi) is 4.09. The summed E-state index contributed by atoms with van der Waals surface area (Å²) in [6.07, 6.45) is 1.67. The fraction of sp³-hybridized carbons (Fsp3) is 0.462. The van der Waals surface area contributed by atoms with E-state index in [1.807, 2.05) is 12.1 Å². The van der Waals surface area contributed by atoms with Crippen molar-refractivity contribution >= 4 is 23.2 Å². The summed E-state index contributed by atoms with van der Waals surface area (Å²) in [5.74, 6) is -0.150. The highest BCUT2D eigenvalue weighted by molar-refractivity contribution is 6.31. The summed E-state index contributed by atoms with van der Waals surface area (Å²) in [6.45, 7) is 2.56. The SMILES string of the molecule is NC(=O)C1CCN(Cc2ccc(N)cc2Cl)CC1. The lowest BCUT2D eigenvalue weighted by molar-refractivity contribution is -0.123. The average Bonchev–Trinajstić information content (AvgIpc) is 2.33. The maximum atomic E-state index is 11.1. The number of halogens is 1. The van der Waals surface area contributed by atoms with Gasteiger partial charge in [0.25, 0.3) is 0 Å². The molecule has 5 heteroatoms. The van der Waals surface area contributed by atoms with E-state index in [0.29, 0.717) is 10.7 Å². The van der Waals surface area contributed by atoms with Gasteiger partial charge in [0, 0.05) is 23.2 Å². The molecule has 1 saturated heterocycles. The van der Waals surface area contributed by atoms with Crippen molar-refractivity contribution in [1.29, 1.82) is 0 Å². The molecule has 1 aromatic rings. The molecule has 4 N–H and O–H groups in total. The summed E-state index contributed by atoms with van der Waals surface area (Å²) < 4.78 is 0. The van der Waals surface area contributed by atoms with Crippen LogP contribution >= 0.6 is 11.6 Å². The predicted octanol–water partition coefficient (Wildman–Crippen LogP) is 1.62. The van der Waals surface area contributed by atoms with Crippen molar-refractivity contribution in [2.45, 2.75) is 19.4 Å². The largest absolute Gasteiger partial charge is 0.399 e. The summed E-state index contributed by atoms with van der Waals surface area (Å²) >= 11 is 6.15. The first kappa shape index (κ1) is 13.2. The minimum absolute atomic E-state index is 0.0307. The number of amides is 1. The number of nitrogens with two attached hydrogens (primary N) is 2. The highest BCUT2D eigenvalue weighted by Crippen LogP contribution is 2.23. The number of primary amides is 1. The molecule has 0 aromatic heterocycles. The number of nitrogens with zero attached hydrogens (tertiary/aromatic N) is 1. The molecule has 2 rings (SSSR count). The molecular weight excluding hydrogens is 250 g/mol. The third-order valence-electron chi connectivity index (χ3n) is 3.46. The summed E-state index contributed by atoms with van der Waals surface area (Å²) in [7, 11) is 0. The number of piperidine rings is 1. The van der Waals surface area contributed by atoms with Crippen LogP contribution in [0, 0.1) is 5.92 Å². The number of likely N-dealkylation sites (tertiary alicyclic amines) is 1. The van der Waals surface area contributed by atoms with Crippen LogP contribution in [-0.4, -0.2) is 23.9 Å². The second kappa shape index (κ2) is 5.59. The molecule has 1 amide bonds. The minimum atomic E-state index is -0.180. The van der Waals surface area contributed by atoms with Crippen LogP contribution in [0.3, 0.4) is 0 Å². The second-order valence-electron chi connectivity index (χ2n) is 4.80. The van der Waals surface area contributed by atoms with Gasteiger partial charge in [-0.3, -0.25) is 9.69 Å². The summed E-state index contributed by atoms with van der Waals surface area (Å²) in [4.78, 5) is 13.4. The van der Waals surface area contributed by atoms with Crippen LogP contribution in [0.5, 0.6) is 0 Å². The van der Waals surface area contributed by atoms with Crippen LogP contribution in [-0.2, 0) is 11.3 Å². The Balaban J connectivity index is 1.93. The molecule has 18 heavy (non-hydrogen) atoms. The smallest absolute Gasteiger partial charge is 0.220 e. The zero-order chi connectivity index (χ0) is 13.1. The molecule has 98 valence electrons. The lowest BCUT2D eigenvalue weighted by atomic mass is 9.96. The van der Waals surface area contributed by atoms with E-state index in [-0.39, 0.29) is 11.8 Å². The van der Waals surface area contributed by atoms with Gasteiger partial charge in [0.1, 0.15) is 0 Å². The Morgan fingerprint density at radius 1 is 1.39 bits per heavy atom. The third-order valence-corrected chi connectivity index (χ3v) is 3.81. The van der Waals surface area contributed by atoms with Gasteiger partial charge in [-0.1, -0.05) is 17.7 Å². The summed E-state index contributed by atoms with van der Waals surface area (Å²) in [5.41, 5.74) is 12.7. The number of carbonyl (C=O) groups is 1. The Hall–Kier alpha value is -1.26. The van der Waals surface area contributed by atoms with Gasteiger partial charge in [-0.25, -0.2) is 0 Å². The number of carbonyl (C=O) groups excluding carboxylic acids is 1. The van der Waals surface area contributed by atoms with Crippen LogP contribution < -0.4 is 11.5 Å². The lowest BCUT2D eigenvalue weighted by Crippen LogP contribution is -2.38. The second-order valence-corrected chi connectivity index (χ2v) is 5.21. The van der Waals surface area contributed by atoms with E-state index in [4.69, 9.17) is 23.1 Å². The fourth-order valence-corrected chi connectivity index (χ4v) is 2.56. The highest BCUT2D eigenvalue weighted by atomic mass is 35.5. The van der Waals surface area contributed by atoms with Crippen molar-refractivity contribution in [3.63, 3.8) is 0 Å². The Morgan fingerprint density at radius 3 is 2.61 bits per heavy atom. The zero-order valence-corrected chi connectivity index (χ0v) is 11.0. The normalized spacial score (nSPS) is 17.8. The first-order valence-electron chi connectivity index (χ1n) is 6.12. The Morgan fingerprint density at radius 2 is 2.06 bits per heavy atom. The topological polar surface area (TPSA) is 72.4 Å². The van der Waals surface area contributed by atoms with Gasteiger partial charge < -0.3 is 11.5 Å². The molecule has 0 unspecified atom stereocenters. The number of rotatable bonds is 3. The predicted molar refractivity (Wildman–Crippen MR) is 73.1 cm³/mol. The van der Waals surface area contributed by atoms with E-state index < -0.39 is 0 Å². The standard InChI is InChI=1S/C13H18ClN3O/c14-12-7-11(15)2-1-10(12)8-17-5-3-9(4-6-17)13(16)18/h1-2,7,9H,3-6,8,15H2,(H2,16,18). The van der Waals surface area contributed by atoms with E-state index in [1.54, 1.807) is 6.07 Å². The number of hydrogen-bond acceptors (Lipinski definition) is 3. The monoisotopic (exact) mass is 267 g/mol. The van der Waals surface area contributed by atoms with E-state index in [0.717, 1.165) is 38.0 Å². The van der Waals surface area contributed by atoms with Crippen molar-refractivity contribution in [2.24, 2.45) is 11.7 Å². The van der Waals surface area contributed by atoms with Crippen LogP contribution in [0.4, 0.5) is 5.69 Å². The molecular formula is C13H18ClN3O. The van der Waals surface area contributed by atoms with Crippen molar-refractivity contribution < 1.29 is 4.79 Å². The van der Waals surface area contributed by atoms with Gasteiger partial charge in [0.05, 0.1) is 0 Å². The van der Waals surface area contributed by atoms with E-state index in [1.165, 1.54) is 0 Å². The Labute approximate surface area is 112 Å². The molecule has 1 aromatic carbocycles. The van der Waals surface area contributed by atoms with Crippen molar-refractivity contribution in [1.82, 2.24) is 4.90 Å². The van der Waals surface area contributed by atoms with E-state index >= 15 is 0 Å². The molecule has 0 saturated carbocycles. The van der Waals surface area contributed by atoms with Crippen LogP contribution in [0.2, 0.25) is 5.02 Å². The molecule has 0 spiro atoms. The summed E-state index contributed by atoms with van der Waals surface area (Å²) in [6, 6.07) is 5.59. The lowest BCUT2D eigenvalue weighted by Gasteiger charge is -2.30. The molecule has 0 bridgehead atoms. The molecule has 1 fully saturated rings. The molecule has 0 atom stereocenters. The maximum absolute atomic E-state index is 11.1. The van der Waals surface area contributed by atoms with E-state index in [9.17, 15) is 4.79 Å². The minimum Gasteiger partial charge on any atom is -0.399 e. The van der Waals surface area contributed by atoms with Crippen molar-refractivity contribution in [2.75, 3.05) is 18.8 Å². The molecule has 1 aliphatic heterocycles. The first-order valence-corrected chi connectivity index (χ1v) is 6.49. The van der Waals surface area contributed by atoms with Gasteiger partial charge in [-0.05, 0) is 43.6 Å². The number of nitrogen functional groups attached to an aromatic ring is 1. The quantitative estimate of drug-likeness (QED) is 0.818. The maximum Gasteiger partial charge on any atom is 0.220 e. The summed E-state index contributed by atoms with van der Waals surface area (Å²) in [5, 5.41) is 0.701. The van der Waals surface area contributed by atoms with Gasteiger partial charge in [0.15, 0.2) is 0 Å². The molecule has 4 nitrogen and oxygen atoms in total. The average molecular weight is 268 g/mol. The van der Waals surface area contributed by atoms with Gasteiger partial charge >= 0.3 is 0 Å². The van der Waals surface area contributed by atoms with Crippen molar-refractivity contribution in [3.8, 4) is 0 Å². The number of anilines is 1. The number of hydrogen-bond donors (Lipinski definition) is 2. The molecule has 1 aliphatic rings. The first-order chi connectivity index (χ1) is 8.56. The van der Waals surface area contributed by atoms with Gasteiger partial charge in [-0.2, -0.15) is 0 Å².